The summed E-state index contributed by atoms with van der Waals surface area (Å²) in [5.74, 6) is -0.640. The maximum atomic E-state index is 12.8. The lowest BCUT2D eigenvalue weighted by Gasteiger charge is -2.19. The first-order valence-corrected chi connectivity index (χ1v) is 20.9. The van der Waals surface area contributed by atoms with Gasteiger partial charge in [0.05, 0.1) is 18.8 Å². The molecule has 1 aliphatic rings. The van der Waals surface area contributed by atoms with Crippen molar-refractivity contribution in [3.63, 3.8) is 0 Å². The van der Waals surface area contributed by atoms with E-state index in [-0.39, 0.29) is 35.9 Å². The fourth-order valence-electron chi connectivity index (χ4n) is 5.96. The average Bonchev–Trinajstić information content (AvgIpc) is 3.71. The second kappa shape index (κ2) is 28.2. The van der Waals surface area contributed by atoms with Crippen LogP contribution in [-0.2, 0) is 28.6 Å². The fraction of sp³-hybridized carbons (Fsp3) is 0.865. The molecule has 2 heterocycles. The highest BCUT2D eigenvalue weighted by Gasteiger charge is 2.44. The Morgan fingerprint density at radius 3 is 1.92 bits per heavy atom. The highest BCUT2D eigenvalue weighted by Crippen LogP contribution is 2.29. The van der Waals surface area contributed by atoms with E-state index in [1.165, 1.54) is 95.0 Å². The first kappa shape index (κ1) is 45.9. The molecule has 0 bridgehead atoms. The van der Waals surface area contributed by atoms with Gasteiger partial charge in [-0.2, -0.15) is 11.8 Å². The van der Waals surface area contributed by atoms with E-state index < -0.39 is 49.2 Å². The van der Waals surface area contributed by atoms with E-state index in [1.807, 2.05) is 0 Å². The van der Waals surface area contributed by atoms with Crippen LogP contribution < -0.4 is 11.1 Å². The maximum absolute atomic E-state index is 12.8. The summed E-state index contributed by atoms with van der Waals surface area (Å²) < 4.78 is 17.8. The summed E-state index contributed by atoms with van der Waals surface area (Å²) in [6.45, 7) is 3.88. The lowest BCUT2D eigenvalue weighted by Crippen LogP contribution is -2.38. The molecule has 0 aromatic carbocycles. The zero-order valence-corrected chi connectivity index (χ0v) is 32.4. The number of aromatic nitrogens is 3. The Morgan fingerprint density at radius 1 is 0.846 bits per heavy atom. The van der Waals surface area contributed by atoms with Crippen LogP contribution in [-0.4, -0.2) is 103 Å². The Hall–Kier alpha value is -2.30. The van der Waals surface area contributed by atoms with E-state index in [0.717, 1.165) is 43.2 Å². The number of hydrogen-bond acceptors (Lipinski definition) is 13. The number of thioether (sulfide) groups is 1. The monoisotopic (exact) mass is 757 g/mol. The zero-order chi connectivity index (χ0) is 38.0. The highest BCUT2D eigenvalue weighted by atomic mass is 32.2. The van der Waals surface area contributed by atoms with Crippen molar-refractivity contribution < 1.29 is 43.9 Å². The van der Waals surface area contributed by atoms with Gasteiger partial charge < -0.3 is 40.6 Å². The third kappa shape index (κ3) is 19.2. The number of esters is 2. The predicted octanol–water partition coefficient (Wildman–Crippen LogP) is 5.19. The number of nitrogens with zero attached hydrogens (tertiary/aromatic N) is 3. The van der Waals surface area contributed by atoms with Crippen molar-refractivity contribution in [3.05, 3.63) is 6.20 Å². The average molecular weight is 758 g/mol. The Labute approximate surface area is 314 Å². The Morgan fingerprint density at radius 2 is 1.38 bits per heavy atom. The van der Waals surface area contributed by atoms with Crippen molar-refractivity contribution in [2.45, 2.75) is 179 Å². The van der Waals surface area contributed by atoms with Crippen LogP contribution in [0, 0.1) is 0 Å². The quantitative estimate of drug-likeness (QED) is 0.0489. The summed E-state index contributed by atoms with van der Waals surface area (Å²) >= 11 is 1.31. The van der Waals surface area contributed by atoms with Crippen LogP contribution in [0.3, 0.4) is 0 Å². The normalized spacial score (nSPS) is 19.7. The molecule has 1 saturated heterocycles. The molecule has 6 N–H and O–H groups in total. The van der Waals surface area contributed by atoms with Crippen molar-refractivity contribution in [2.75, 3.05) is 30.0 Å². The van der Waals surface area contributed by atoms with Crippen LogP contribution in [0.25, 0.3) is 0 Å². The molecule has 52 heavy (non-hydrogen) atoms. The molecule has 1 aromatic rings. The van der Waals surface area contributed by atoms with E-state index >= 15 is 0 Å². The molecule has 1 fully saturated rings. The van der Waals surface area contributed by atoms with Gasteiger partial charge in [-0.25, -0.2) is 4.68 Å². The SMILES string of the molecule is CCCCCCCCCCCC(=O)OC[C@H](CSC[C@@H](N)C(=O)Nc1cn([C@H]2OC(CO)[C@@H](O)[C@H]2O)nn1)OC(=O)CCCCCCCCCCC. The van der Waals surface area contributed by atoms with Gasteiger partial charge in [0.1, 0.15) is 31.0 Å². The molecule has 1 aliphatic heterocycles. The number of ether oxygens (including phenoxy) is 3. The van der Waals surface area contributed by atoms with Gasteiger partial charge in [-0.05, 0) is 12.8 Å². The van der Waals surface area contributed by atoms with Gasteiger partial charge >= 0.3 is 11.9 Å². The topological polar surface area (TPSA) is 208 Å². The fourth-order valence-corrected chi connectivity index (χ4v) is 6.93. The summed E-state index contributed by atoms with van der Waals surface area (Å²) in [5.41, 5.74) is 6.13. The Balaban J connectivity index is 1.77. The van der Waals surface area contributed by atoms with Gasteiger partial charge in [0.2, 0.25) is 5.91 Å². The number of anilines is 1. The first-order chi connectivity index (χ1) is 25.2. The van der Waals surface area contributed by atoms with Crippen LogP contribution in [0.1, 0.15) is 148 Å². The molecule has 1 aromatic heterocycles. The minimum Gasteiger partial charge on any atom is -0.462 e. The number of amides is 1. The van der Waals surface area contributed by atoms with E-state index in [2.05, 4.69) is 29.5 Å². The second-order valence-corrected chi connectivity index (χ2v) is 15.0. The minimum absolute atomic E-state index is 0.0573. The zero-order valence-electron chi connectivity index (χ0n) is 31.6. The van der Waals surface area contributed by atoms with E-state index in [0.29, 0.717) is 12.8 Å². The number of aliphatic hydroxyl groups is 3. The summed E-state index contributed by atoms with van der Waals surface area (Å²) in [6, 6.07) is -0.948. The summed E-state index contributed by atoms with van der Waals surface area (Å²) in [6.07, 6.45) is 17.2. The van der Waals surface area contributed by atoms with E-state index in [1.54, 1.807) is 0 Å². The van der Waals surface area contributed by atoms with Crippen LogP contribution in [0.4, 0.5) is 5.82 Å². The van der Waals surface area contributed by atoms with Crippen molar-refractivity contribution in [3.8, 4) is 0 Å². The number of unbranched alkanes of at least 4 members (excludes halogenated alkanes) is 16. The predicted molar refractivity (Wildman–Crippen MR) is 201 cm³/mol. The molecule has 6 atom stereocenters. The van der Waals surface area contributed by atoms with Crippen molar-refractivity contribution in [1.29, 1.82) is 0 Å². The third-order valence-corrected chi connectivity index (χ3v) is 10.4. The van der Waals surface area contributed by atoms with Gasteiger partial charge in [-0.3, -0.25) is 14.4 Å². The number of rotatable bonds is 31. The van der Waals surface area contributed by atoms with Crippen LogP contribution in [0.2, 0.25) is 0 Å². The largest absolute Gasteiger partial charge is 0.462 e. The first-order valence-electron chi connectivity index (χ1n) is 19.7. The molecule has 1 unspecified atom stereocenters. The van der Waals surface area contributed by atoms with E-state index in [4.69, 9.17) is 19.9 Å². The highest BCUT2D eigenvalue weighted by molar-refractivity contribution is 7.99. The molecule has 0 saturated carbocycles. The molecule has 0 aliphatic carbocycles. The number of carbonyl (C=O) groups is 3. The van der Waals surface area contributed by atoms with Crippen molar-refractivity contribution in [1.82, 2.24) is 15.0 Å². The summed E-state index contributed by atoms with van der Waals surface area (Å²) in [5, 5.41) is 39.8. The Kier molecular flexibility index (Phi) is 24.9. The number of nitrogens with two attached hydrogens (primary N) is 1. The number of aliphatic hydroxyl groups excluding tert-OH is 3. The molecular formula is C37H67N5O9S. The number of hydrogen-bond donors (Lipinski definition) is 5. The molecule has 300 valence electrons. The second-order valence-electron chi connectivity index (χ2n) is 13.9. The molecular weight excluding hydrogens is 690 g/mol. The lowest BCUT2D eigenvalue weighted by atomic mass is 10.1. The van der Waals surface area contributed by atoms with Gasteiger partial charge in [-0.15, -0.1) is 5.10 Å². The van der Waals surface area contributed by atoms with Crippen LogP contribution in [0.15, 0.2) is 6.20 Å². The van der Waals surface area contributed by atoms with Crippen molar-refractivity contribution >= 4 is 35.4 Å². The van der Waals surface area contributed by atoms with Crippen molar-refractivity contribution in [2.24, 2.45) is 5.73 Å². The smallest absolute Gasteiger partial charge is 0.306 e. The van der Waals surface area contributed by atoms with Crippen LogP contribution in [0.5, 0.6) is 0 Å². The molecule has 0 radical (unpaired) electrons. The summed E-state index contributed by atoms with van der Waals surface area (Å²) in [7, 11) is 0. The molecule has 14 nitrogen and oxygen atoms in total. The minimum atomic E-state index is -1.35. The number of carbonyl (C=O) groups excluding carboxylic acids is 3. The van der Waals surface area contributed by atoms with Gasteiger partial charge in [-0.1, -0.05) is 122 Å². The van der Waals surface area contributed by atoms with Gasteiger partial charge in [0.15, 0.2) is 12.0 Å². The third-order valence-electron chi connectivity index (χ3n) is 9.17. The lowest BCUT2D eigenvalue weighted by molar-refractivity contribution is -0.157. The molecule has 15 heteroatoms. The number of nitrogens with one attached hydrogen (secondary N) is 1. The maximum Gasteiger partial charge on any atom is 0.306 e. The van der Waals surface area contributed by atoms with Crippen LogP contribution >= 0.6 is 11.8 Å². The standard InChI is InChI=1S/C37H67N5O9S/c1-3-5-7-9-11-13-15-17-19-21-32(44)49-25-28(50-33(45)22-20-18-16-14-12-10-8-6-4-2)26-52-27-29(38)36(48)39-31-23-42(41-40-31)37-35(47)34(46)30(24-43)51-37/h23,28-30,34-35,37,43,46-47H,3-22,24-27,38H2,1-2H3,(H,39,48)/t28-,29-,30?,34-,35-,37+/m1/s1. The van der Waals surface area contributed by atoms with Gasteiger partial charge in [0.25, 0.3) is 0 Å². The summed E-state index contributed by atoms with van der Waals surface area (Å²) in [4.78, 5) is 38.0. The molecule has 1 amide bonds. The van der Waals surface area contributed by atoms with E-state index in [9.17, 15) is 29.7 Å². The molecule has 2 rings (SSSR count). The Bertz CT molecular complexity index is 1110. The van der Waals surface area contributed by atoms with Gasteiger partial charge in [0, 0.05) is 24.3 Å². The molecule has 0 spiro atoms.